The summed E-state index contributed by atoms with van der Waals surface area (Å²) in [6.45, 7) is 0. The Morgan fingerprint density at radius 1 is 1.60 bits per heavy atom. The first-order valence-corrected chi connectivity index (χ1v) is 4.39. The van der Waals surface area contributed by atoms with Crippen LogP contribution in [0.1, 0.15) is 18.1 Å². The van der Waals surface area contributed by atoms with Gasteiger partial charge >= 0.3 is 0 Å². The monoisotopic (exact) mass is 213 g/mol. The second-order valence-corrected chi connectivity index (χ2v) is 3.19. The number of aliphatic hydroxyl groups excluding tert-OH is 1. The number of benzene rings is 1. The van der Waals surface area contributed by atoms with Crippen molar-refractivity contribution in [3.05, 3.63) is 35.6 Å². The van der Waals surface area contributed by atoms with Crippen molar-refractivity contribution >= 4 is 5.91 Å². The van der Waals surface area contributed by atoms with Gasteiger partial charge in [0, 0.05) is 7.05 Å². The summed E-state index contributed by atoms with van der Waals surface area (Å²) >= 11 is 0. The summed E-state index contributed by atoms with van der Waals surface area (Å²) in [6.07, 6.45) is -1.39. The summed E-state index contributed by atoms with van der Waals surface area (Å²) < 4.78 is 12.8. The Morgan fingerprint density at radius 3 is 2.80 bits per heavy atom. The van der Waals surface area contributed by atoms with Gasteiger partial charge in [-0.2, -0.15) is 0 Å². The smallest absolute Gasteiger partial charge is 0.248 e. The Hall–Kier alpha value is -1.46. The lowest BCUT2D eigenvalue weighted by Crippen LogP contribution is -2.24. The summed E-state index contributed by atoms with van der Waals surface area (Å²) in [4.78, 5) is 11.0. The van der Waals surface area contributed by atoms with Gasteiger partial charge in [-0.15, -0.1) is 0 Å². The van der Waals surface area contributed by atoms with E-state index in [4.69, 9.17) is 5.21 Å². The quantitative estimate of drug-likeness (QED) is 0.583. The molecule has 0 fully saturated rings. The normalized spacial score (nSPS) is 12.3. The summed E-state index contributed by atoms with van der Waals surface area (Å²) in [6, 6.07) is 5.35. The van der Waals surface area contributed by atoms with Crippen molar-refractivity contribution in [2.24, 2.45) is 0 Å². The van der Waals surface area contributed by atoms with E-state index in [9.17, 15) is 14.3 Å². The van der Waals surface area contributed by atoms with Crippen LogP contribution < -0.4 is 0 Å². The van der Waals surface area contributed by atoms with E-state index in [-0.39, 0.29) is 6.42 Å². The molecule has 1 amide bonds. The summed E-state index contributed by atoms with van der Waals surface area (Å²) in [5, 5.41) is 18.7. The van der Waals surface area contributed by atoms with Crippen molar-refractivity contribution < 1.29 is 19.5 Å². The molecule has 1 unspecified atom stereocenters. The molecule has 4 nitrogen and oxygen atoms in total. The summed E-state index contributed by atoms with van der Waals surface area (Å²) in [5.74, 6) is -1.11. The van der Waals surface area contributed by atoms with E-state index >= 15 is 0 Å². The zero-order chi connectivity index (χ0) is 11.4. The average molecular weight is 213 g/mol. The van der Waals surface area contributed by atoms with E-state index < -0.39 is 17.8 Å². The Labute approximate surface area is 86.5 Å². The molecule has 15 heavy (non-hydrogen) atoms. The topological polar surface area (TPSA) is 60.8 Å². The molecular formula is C10H12FNO3. The molecule has 0 aromatic heterocycles. The zero-order valence-corrected chi connectivity index (χ0v) is 8.22. The van der Waals surface area contributed by atoms with Crippen LogP contribution >= 0.6 is 0 Å². The maximum Gasteiger partial charge on any atom is 0.248 e. The Balaban J connectivity index is 2.69. The highest BCUT2D eigenvalue weighted by atomic mass is 19.1. The molecule has 0 aliphatic carbocycles. The highest BCUT2D eigenvalue weighted by Gasteiger charge is 2.15. The third-order valence-electron chi connectivity index (χ3n) is 1.96. The standard InChI is InChI=1S/C10H12FNO3/c1-12(15)10(14)6-9(13)7-3-2-4-8(11)5-7/h2-5,9,13,15H,6H2,1H3. The van der Waals surface area contributed by atoms with E-state index in [1.165, 1.54) is 25.2 Å². The number of amides is 1. The van der Waals surface area contributed by atoms with E-state index in [1.54, 1.807) is 0 Å². The minimum atomic E-state index is -1.11. The van der Waals surface area contributed by atoms with E-state index in [2.05, 4.69) is 0 Å². The maximum absolute atomic E-state index is 12.8. The predicted molar refractivity (Wildman–Crippen MR) is 50.5 cm³/mol. The number of nitrogens with zero attached hydrogens (tertiary/aromatic N) is 1. The van der Waals surface area contributed by atoms with Crippen molar-refractivity contribution in [2.75, 3.05) is 7.05 Å². The van der Waals surface area contributed by atoms with Crippen LogP contribution in [0, 0.1) is 5.82 Å². The van der Waals surface area contributed by atoms with Gasteiger partial charge in [0.1, 0.15) is 5.82 Å². The van der Waals surface area contributed by atoms with Gasteiger partial charge in [-0.1, -0.05) is 12.1 Å². The number of halogens is 1. The fourth-order valence-electron chi connectivity index (χ4n) is 1.13. The van der Waals surface area contributed by atoms with Crippen LogP contribution in [-0.4, -0.2) is 28.3 Å². The Kier molecular flexibility index (Phi) is 3.76. The zero-order valence-electron chi connectivity index (χ0n) is 8.22. The molecule has 0 heterocycles. The first-order valence-electron chi connectivity index (χ1n) is 4.39. The molecule has 1 aromatic rings. The molecule has 0 radical (unpaired) electrons. The molecule has 1 atom stereocenters. The lowest BCUT2D eigenvalue weighted by atomic mass is 10.1. The molecule has 0 saturated heterocycles. The lowest BCUT2D eigenvalue weighted by molar-refractivity contribution is -0.161. The van der Waals surface area contributed by atoms with Gasteiger partial charge < -0.3 is 5.11 Å². The minimum Gasteiger partial charge on any atom is -0.388 e. The average Bonchev–Trinajstić information content (AvgIpc) is 2.17. The van der Waals surface area contributed by atoms with Crippen LogP contribution in [0.25, 0.3) is 0 Å². The first-order chi connectivity index (χ1) is 7.00. The SMILES string of the molecule is CN(O)C(=O)CC(O)c1cccc(F)c1. The van der Waals surface area contributed by atoms with Crippen molar-refractivity contribution in [2.45, 2.75) is 12.5 Å². The molecule has 0 spiro atoms. The van der Waals surface area contributed by atoms with Crippen LogP contribution in [0.15, 0.2) is 24.3 Å². The van der Waals surface area contributed by atoms with Gasteiger partial charge in [-0.25, -0.2) is 9.45 Å². The van der Waals surface area contributed by atoms with Gasteiger partial charge in [0.25, 0.3) is 0 Å². The van der Waals surface area contributed by atoms with E-state index in [1.807, 2.05) is 0 Å². The molecule has 5 heteroatoms. The number of hydrogen-bond acceptors (Lipinski definition) is 3. The molecule has 0 saturated carbocycles. The van der Waals surface area contributed by atoms with Crippen molar-refractivity contribution in [3.63, 3.8) is 0 Å². The highest BCUT2D eigenvalue weighted by molar-refractivity contribution is 5.75. The van der Waals surface area contributed by atoms with Gasteiger partial charge in [0.2, 0.25) is 5.91 Å². The molecular weight excluding hydrogens is 201 g/mol. The number of hydrogen-bond donors (Lipinski definition) is 2. The summed E-state index contributed by atoms with van der Waals surface area (Å²) in [5.41, 5.74) is 0.310. The van der Waals surface area contributed by atoms with Gasteiger partial charge in [-0.3, -0.25) is 10.0 Å². The Morgan fingerprint density at radius 2 is 2.27 bits per heavy atom. The molecule has 2 N–H and O–H groups in total. The third kappa shape index (κ3) is 3.30. The second-order valence-electron chi connectivity index (χ2n) is 3.19. The fourth-order valence-corrected chi connectivity index (χ4v) is 1.13. The lowest BCUT2D eigenvalue weighted by Gasteiger charge is -2.13. The van der Waals surface area contributed by atoms with Crippen LogP contribution in [-0.2, 0) is 4.79 Å². The predicted octanol–water partition coefficient (Wildman–Crippen LogP) is 1.10. The van der Waals surface area contributed by atoms with Crippen molar-refractivity contribution in [1.29, 1.82) is 0 Å². The van der Waals surface area contributed by atoms with Crippen LogP contribution in [0.3, 0.4) is 0 Å². The second kappa shape index (κ2) is 4.86. The highest BCUT2D eigenvalue weighted by Crippen LogP contribution is 2.17. The Bertz CT molecular complexity index is 354. The van der Waals surface area contributed by atoms with Crippen molar-refractivity contribution in [1.82, 2.24) is 5.06 Å². The van der Waals surface area contributed by atoms with Gasteiger partial charge in [-0.05, 0) is 17.7 Å². The maximum atomic E-state index is 12.8. The number of carbonyl (C=O) groups excluding carboxylic acids is 1. The first kappa shape index (κ1) is 11.6. The number of rotatable bonds is 3. The summed E-state index contributed by atoms with van der Waals surface area (Å²) in [7, 11) is 1.17. The molecule has 82 valence electrons. The largest absolute Gasteiger partial charge is 0.388 e. The van der Waals surface area contributed by atoms with Crippen LogP contribution in [0.5, 0.6) is 0 Å². The van der Waals surface area contributed by atoms with Crippen LogP contribution in [0.4, 0.5) is 4.39 Å². The van der Waals surface area contributed by atoms with E-state index in [0.717, 1.165) is 6.07 Å². The molecule has 0 bridgehead atoms. The van der Waals surface area contributed by atoms with Gasteiger partial charge in [0.15, 0.2) is 0 Å². The molecule has 1 aromatic carbocycles. The van der Waals surface area contributed by atoms with Gasteiger partial charge in [0.05, 0.1) is 12.5 Å². The number of aliphatic hydroxyl groups is 1. The number of hydroxylamine groups is 2. The molecule has 0 aliphatic heterocycles. The fraction of sp³-hybridized carbons (Fsp3) is 0.300. The minimum absolute atomic E-state index is 0.281. The molecule has 0 aliphatic rings. The van der Waals surface area contributed by atoms with Crippen molar-refractivity contribution in [3.8, 4) is 0 Å². The van der Waals surface area contributed by atoms with E-state index in [0.29, 0.717) is 10.6 Å². The third-order valence-corrected chi connectivity index (χ3v) is 1.96. The molecule has 1 rings (SSSR count). The number of carbonyl (C=O) groups is 1. The van der Waals surface area contributed by atoms with Crippen LogP contribution in [0.2, 0.25) is 0 Å².